The van der Waals surface area contributed by atoms with Crippen LogP contribution < -0.4 is 5.01 Å². The van der Waals surface area contributed by atoms with E-state index in [1.165, 1.54) is 19.2 Å². The van der Waals surface area contributed by atoms with Crippen molar-refractivity contribution in [2.75, 3.05) is 12.1 Å². The summed E-state index contributed by atoms with van der Waals surface area (Å²) in [4.78, 5) is 20.7. The van der Waals surface area contributed by atoms with E-state index >= 15 is 0 Å². The van der Waals surface area contributed by atoms with E-state index in [4.69, 9.17) is 5.11 Å². The Labute approximate surface area is 74.5 Å². The van der Waals surface area contributed by atoms with Crippen molar-refractivity contribution in [1.82, 2.24) is 0 Å². The summed E-state index contributed by atoms with van der Waals surface area (Å²) in [5.74, 6) is -1.03. The Balaban J connectivity index is 3.04. The number of benzene rings is 1. The van der Waals surface area contributed by atoms with Crippen LogP contribution in [0.15, 0.2) is 29.6 Å². The van der Waals surface area contributed by atoms with E-state index in [0.717, 1.165) is 5.01 Å². The van der Waals surface area contributed by atoms with Crippen molar-refractivity contribution >= 4 is 11.7 Å². The Morgan fingerprint density at radius 3 is 2.77 bits per heavy atom. The van der Waals surface area contributed by atoms with Gasteiger partial charge in [-0.1, -0.05) is 6.07 Å². The van der Waals surface area contributed by atoms with Gasteiger partial charge >= 0.3 is 5.97 Å². The van der Waals surface area contributed by atoms with Gasteiger partial charge in [-0.05, 0) is 18.2 Å². The topological polar surface area (TPSA) is 70.0 Å². The number of rotatable bonds is 3. The van der Waals surface area contributed by atoms with Crippen LogP contribution in [0.4, 0.5) is 5.69 Å². The smallest absolute Gasteiger partial charge is 0.335 e. The van der Waals surface area contributed by atoms with Gasteiger partial charge in [0.2, 0.25) is 0 Å². The first kappa shape index (κ1) is 9.18. The van der Waals surface area contributed by atoms with Gasteiger partial charge in [0.05, 0.1) is 16.5 Å². The minimum absolute atomic E-state index is 0.132. The van der Waals surface area contributed by atoms with E-state index in [0.29, 0.717) is 5.69 Å². The summed E-state index contributed by atoms with van der Waals surface area (Å²) >= 11 is 0. The maximum Gasteiger partial charge on any atom is 0.335 e. The standard InChI is InChI=1S/C8H8N2O3/c1-10(9-13)7-4-2-3-6(5-7)8(11)12/h2-5H,1H3,(H,11,12). The van der Waals surface area contributed by atoms with E-state index in [9.17, 15) is 9.70 Å². The first-order valence-corrected chi connectivity index (χ1v) is 3.55. The molecule has 0 fully saturated rings. The van der Waals surface area contributed by atoms with Crippen LogP contribution in [0.1, 0.15) is 10.4 Å². The molecule has 0 aliphatic carbocycles. The van der Waals surface area contributed by atoms with Gasteiger partial charge < -0.3 is 5.11 Å². The number of hydrogen-bond acceptors (Lipinski definition) is 3. The summed E-state index contributed by atoms with van der Waals surface area (Å²) in [7, 11) is 1.45. The summed E-state index contributed by atoms with van der Waals surface area (Å²) in [6.07, 6.45) is 0. The highest BCUT2D eigenvalue weighted by molar-refractivity contribution is 5.88. The van der Waals surface area contributed by atoms with E-state index in [2.05, 4.69) is 5.29 Å². The molecule has 0 bridgehead atoms. The molecule has 5 heteroatoms. The van der Waals surface area contributed by atoms with Crippen molar-refractivity contribution in [2.24, 2.45) is 5.29 Å². The number of carboxylic acid groups (broad SMARTS) is 1. The van der Waals surface area contributed by atoms with E-state index in [-0.39, 0.29) is 5.56 Å². The third-order valence-electron chi connectivity index (χ3n) is 1.59. The van der Waals surface area contributed by atoms with Crippen molar-refractivity contribution in [3.63, 3.8) is 0 Å². The number of nitrogens with zero attached hydrogens (tertiary/aromatic N) is 2. The zero-order valence-corrected chi connectivity index (χ0v) is 6.97. The molecule has 0 atom stereocenters. The molecule has 1 rings (SSSR count). The van der Waals surface area contributed by atoms with Crippen molar-refractivity contribution in [2.45, 2.75) is 0 Å². The molecule has 0 heterocycles. The van der Waals surface area contributed by atoms with Crippen molar-refractivity contribution in [1.29, 1.82) is 0 Å². The van der Waals surface area contributed by atoms with Gasteiger partial charge in [0.1, 0.15) is 0 Å². The van der Waals surface area contributed by atoms with Gasteiger partial charge in [-0.2, -0.15) is 0 Å². The first-order chi connectivity index (χ1) is 6.15. The third-order valence-corrected chi connectivity index (χ3v) is 1.59. The highest BCUT2D eigenvalue weighted by Gasteiger charge is 2.05. The second kappa shape index (κ2) is 3.66. The summed E-state index contributed by atoms with van der Waals surface area (Å²) in [5.41, 5.74) is 0.586. The van der Waals surface area contributed by atoms with Crippen LogP contribution >= 0.6 is 0 Å². The van der Waals surface area contributed by atoms with Gasteiger partial charge in [0.25, 0.3) is 0 Å². The van der Waals surface area contributed by atoms with Crippen LogP contribution in [0.5, 0.6) is 0 Å². The first-order valence-electron chi connectivity index (χ1n) is 3.55. The van der Waals surface area contributed by atoms with E-state index in [1.54, 1.807) is 12.1 Å². The fourth-order valence-electron chi connectivity index (χ4n) is 0.887. The quantitative estimate of drug-likeness (QED) is 0.565. The zero-order valence-electron chi connectivity index (χ0n) is 6.97. The van der Waals surface area contributed by atoms with Gasteiger partial charge in [0.15, 0.2) is 0 Å². The van der Waals surface area contributed by atoms with Gasteiger partial charge in [-0.3, -0.25) is 0 Å². The number of carboxylic acids is 1. The summed E-state index contributed by atoms with van der Waals surface area (Å²) < 4.78 is 0. The molecule has 5 nitrogen and oxygen atoms in total. The normalized spacial score (nSPS) is 9.31. The molecule has 0 aliphatic rings. The molecule has 0 unspecified atom stereocenters. The SMILES string of the molecule is CN(N=O)c1cccc(C(=O)O)c1. The van der Waals surface area contributed by atoms with Crippen LogP contribution in [0.25, 0.3) is 0 Å². The maximum atomic E-state index is 10.5. The Morgan fingerprint density at radius 2 is 2.23 bits per heavy atom. The average Bonchev–Trinajstić information content (AvgIpc) is 2.17. The molecular weight excluding hydrogens is 172 g/mol. The Morgan fingerprint density at radius 1 is 1.54 bits per heavy atom. The minimum Gasteiger partial charge on any atom is -0.478 e. The number of nitroso groups, excluding NO2 is 1. The number of aromatic carboxylic acids is 1. The maximum absolute atomic E-state index is 10.5. The summed E-state index contributed by atoms with van der Waals surface area (Å²) in [5, 5.41) is 12.3. The van der Waals surface area contributed by atoms with Crippen molar-refractivity contribution in [3.05, 3.63) is 34.7 Å². The molecule has 1 N–H and O–H groups in total. The molecule has 68 valence electrons. The second-order valence-corrected chi connectivity index (χ2v) is 2.46. The van der Waals surface area contributed by atoms with Crippen LogP contribution in [-0.4, -0.2) is 18.1 Å². The monoisotopic (exact) mass is 180 g/mol. The highest BCUT2D eigenvalue weighted by Crippen LogP contribution is 2.14. The Kier molecular flexibility index (Phi) is 2.59. The second-order valence-electron chi connectivity index (χ2n) is 2.46. The third kappa shape index (κ3) is 2.02. The van der Waals surface area contributed by atoms with Crippen molar-refractivity contribution < 1.29 is 9.90 Å². The zero-order chi connectivity index (χ0) is 9.84. The summed E-state index contributed by atoms with van der Waals surface area (Å²) in [6.45, 7) is 0. The summed E-state index contributed by atoms with van der Waals surface area (Å²) in [6, 6.07) is 5.99. The Bertz CT molecular complexity index is 338. The van der Waals surface area contributed by atoms with Crippen LogP contribution in [0, 0.1) is 4.91 Å². The largest absolute Gasteiger partial charge is 0.478 e. The molecule has 0 aliphatic heterocycles. The lowest BCUT2D eigenvalue weighted by Gasteiger charge is -2.08. The molecule has 0 amide bonds. The minimum atomic E-state index is -1.03. The number of carbonyl (C=O) groups is 1. The molecular formula is C8H8N2O3. The van der Waals surface area contributed by atoms with Crippen LogP contribution in [0.3, 0.4) is 0 Å². The lowest BCUT2D eigenvalue weighted by Crippen LogP contribution is -2.07. The fraction of sp³-hybridized carbons (Fsp3) is 0.125. The molecule has 0 aromatic heterocycles. The molecule has 0 spiro atoms. The van der Waals surface area contributed by atoms with Crippen molar-refractivity contribution in [3.8, 4) is 0 Å². The lowest BCUT2D eigenvalue weighted by molar-refractivity contribution is 0.0697. The molecule has 1 aromatic carbocycles. The van der Waals surface area contributed by atoms with Crippen LogP contribution in [-0.2, 0) is 0 Å². The van der Waals surface area contributed by atoms with Gasteiger partial charge in [0, 0.05) is 7.05 Å². The van der Waals surface area contributed by atoms with Crippen LogP contribution in [0.2, 0.25) is 0 Å². The highest BCUT2D eigenvalue weighted by atomic mass is 16.4. The van der Waals surface area contributed by atoms with Gasteiger partial charge in [-0.25, -0.2) is 9.80 Å². The molecule has 1 aromatic rings. The molecule has 13 heavy (non-hydrogen) atoms. The van der Waals surface area contributed by atoms with E-state index < -0.39 is 5.97 Å². The Hall–Kier alpha value is -1.91. The number of anilines is 1. The predicted octanol–water partition coefficient (Wildman–Crippen LogP) is 1.50. The lowest BCUT2D eigenvalue weighted by atomic mass is 10.2. The molecule has 0 radical (unpaired) electrons. The molecule has 0 saturated carbocycles. The van der Waals surface area contributed by atoms with E-state index in [1.807, 2.05) is 0 Å². The molecule has 0 saturated heterocycles. The average molecular weight is 180 g/mol. The fourth-order valence-corrected chi connectivity index (χ4v) is 0.887. The van der Waals surface area contributed by atoms with Gasteiger partial charge in [-0.15, -0.1) is 4.91 Å². The number of hydrogen-bond donors (Lipinski definition) is 1. The predicted molar refractivity (Wildman–Crippen MR) is 47.6 cm³/mol.